The molecule has 1 aliphatic rings. The molecule has 0 radical (unpaired) electrons. The lowest BCUT2D eigenvalue weighted by molar-refractivity contribution is 0.0594. The van der Waals surface area contributed by atoms with Crippen LogP contribution in [0.2, 0.25) is 0 Å². The predicted molar refractivity (Wildman–Crippen MR) is 103 cm³/mol. The third-order valence-corrected chi connectivity index (χ3v) is 4.98. The molecule has 0 unspecified atom stereocenters. The highest BCUT2D eigenvalue weighted by molar-refractivity contribution is 5.74. The van der Waals surface area contributed by atoms with Gasteiger partial charge in [-0.2, -0.15) is 0 Å². The number of phenolic OH excluding ortho intramolecular Hbond substituents is 1. The summed E-state index contributed by atoms with van der Waals surface area (Å²) in [4.78, 5) is 13.9. The first-order valence-corrected chi connectivity index (χ1v) is 9.38. The number of aromatic hydroxyl groups is 1. The van der Waals surface area contributed by atoms with Crippen LogP contribution in [0.25, 0.3) is 22.4 Å². The number of ether oxygens (including phenoxy) is 1. The van der Waals surface area contributed by atoms with Crippen molar-refractivity contribution in [2.45, 2.75) is 38.0 Å². The van der Waals surface area contributed by atoms with E-state index in [1.165, 1.54) is 36.5 Å². The summed E-state index contributed by atoms with van der Waals surface area (Å²) in [5, 5.41) is 18.3. The molecule has 1 aromatic carbocycles. The molecule has 2 N–H and O–H groups in total. The summed E-state index contributed by atoms with van der Waals surface area (Å²) in [6.07, 6.45) is 2.70. The normalized spacial score (nSPS) is 19.1. The molecule has 4 rings (SSSR count). The summed E-state index contributed by atoms with van der Waals surface area (Å²) in [6, 6.07) is 8.20. The predicted octanol–water partition coefficient (Wildman–Crippen LogP) is 4.00. The van der Waals surface area contributed by atoms with Gasteiger partial charge in [-0.15, -0.1) is 10.2 Å². The Balaban J connectivity index is 1.58. The number of hydrogen-bond donors (Lipinski definition) is 2. The monoisotopic (exact) mass is 399 g/mol. The number of hydrogen-bond acceptors (Lipinski definition) is 5. The number of nitrogens with one attached hydrogen (secondary N) is 1. The van der Waals surface area contributed by atoms with Gasteiger partial charge in [0.1, 0.15) is 23.8 Å². The van der Waals surface area contributed by atoms with Crippen molar-refractivity contribution in [3.8, 4) is 34.0 Å². The number of alkyl halides is 1. The lowest BCUT2D eigenvalue weighted by Crippen LogP contribution is -2.32. The van der Waals surface area contributed by atoms with E-state index in [0.717, 1.165) is 18.9 Å². The molecule has 2 heterocycles. The lowest BCUT2D eigenvalue weighted by atomic mass is 9.96. The highest BCUT2D eigenvalue weighted by Gasteiger charge is 2.27. The molecular weight excluding hydrogens is 380 g/mol. The van der Waals surface area contributed by atoms with Gasteiger partial charge in [0.05, 0.1) is 5.69 Å². The van der Waals surface area contributed by atoms with E-state index in [2.05, 4.69) is 15.2 Å². The van der Waals surface area contributed by atoms with Gasteiger partial charge in [0.2, 0.25) is 11.4 Å². The quantitative estimate of drug-likeness (QED) is 0.692. The average Bonchev–Trinajstić information content (AvgIpc) is 2.72. The molecule has 2 aromatic heterocycles. The van der Waals surface area contributed by atoms with E-state index in [9.17, 15) is 18.7 Å². The Morgan fingerprint density at radius 1 is 1.07 bits per heavy atom. The van der Waals surface area contributed by atoms with Crippen LogP contribution < -0.4 is 10.3 Å². The number of rotatable bonds is 4. The third kappa shape index (κ3) is 4.11. The van der Waals surface area contributed by atoms with Crippen LogP contribution >= 0.6 is 0 Å². The number of H-pyrrole nitrogens is 1. The summed E-state index contributed by atoms with van der Waals surface area (Å²) >= 11 is 0. The Kier molecular flexibility index (Phi) is 5.24. The average molecular weight is 399 g/mol. The Morgan fingerprint density at radius 3 is 2.62 bits per heavy atom. The minimum Gasteiger partial charge on any atom is -0.507 e. The maximum absolute atomic E-state index is 14.6. The summed E-state index contributed by atoms with van der Waals surface area (Å²) in [5.41, 5.74) is 0.455. The van der Waals surface area contributed by atoms with Crippen molar-refractivity contribution in [3.63, 3.8) is 0 Å². The van der Waals surface area contributed by atoms with E-state index in [0.29, 0.717) is 18.4 Å². The summed E-state index contributed by atoms with van der Waals surface area (Å²) in [6.45, 7) is 0. The fourth-order valence-corrected chi connectivity index (χ4v) is 3.47. The SMILES string of the molecule is O=c1cc(-c2cc(O)c(-c3ccc(O[C@@H]4CCCC[C@@H]4F)nn3)cc2F)cc[nH]1. The molecule has 150 valence electrons. The summed E-state index contributed by atoms with van der Waals surface area (Å²) in [7, 11) is 0. The molecule has 0 saturated heterocycles. The minimum atomic E-state index is -1.03. The summed E-state index contributed by atoms with van der Waals surface area (Å²) in [5.74, 6) is -0.642. The Morgan fingerprint density at radius 2 is 1.90 bits per heavy atom. The van der Waals surface area contributed by atoms with E-state index >= 15 is 0 Å². The number of nitrogens with zero attached hydrogens (tertiary/aromatic N) is 2. The fourth-order valence-electron chi connectivity index (χ4n) is 3.47. The maximum Gasteiger partial charge on any atom is 0.248 e. The van der Waals surface area contributed by atoms with Crippen LogP contribution in [-0.2, 0) is 0 Å². The van der Waals surface area contributed by atoms with Gasteiger partial charge in [0.25, 0.3) is 0 Å². The van der Waals surface area contributed by atoms with Crippen LogP contribution in [0.5, 0.6) is 11.6 Å². The highest BCUT2D eigenvalue weighted by Crippen LogP contribution is 2.34. The first-order chi connectivity index (χ1) is 14.0. The van der Waals surface area contributed by atoms with Crippen LogP contribution in [0.4, 0.5) is 8.78 Å². The zero-order valence-corrected chi connectivity index (χ0v) is 15.4. The maximum atomic E-state index is 14.6. The van der Waals surface area contributed by atoms with E-state index in [1.54, 1.807) is 0 Å². The molecule has 1 fully saturated rings. The minimum absolute atomic E-state index is 0.0940. The zero-order valence-electron chi connectivity index (χ0n) is 15.4. The van der Waals surface area contributed by atoms with Gasteiger partial charge in [-0.05, 0) is 49.1 Å². The molecular formula is C21H19F2N3O3. The van der Waals surface area contributed by atoms with Gasteiger partial charge in [0.15, 0.2) is 0 Å². The van der Waals surface area contributed by atoms with E-state index in [1.807, 2.05) is 0 Å². The molecule has 0 bridgehead atoms. The molecule has 0 aliphatic heterocycles. The lowest BCUT2D eigenvalue weighted by Gasteiger charge is -2.25. The van der Waals surface area contributed by atoms with E-state index < -0.39 is 18.1 Å². The first kappa shape index (κ1) is 19.0. The Bertz CT molecular complexity index is 1070. The number of halogens is 2. The highest BCUT2D eigenvalue weighted by atomic mass is 19.1. The van der Waals surface area contributed by atoms with Crippen LogP contribution in [0, 0.1) is 5.82 Å². The Labute approximate surface area is 165 Å². The van der Waals surface area contributed by atoms with Crippen molar-refractivity contribution >= 4 is 0 Å². The smallest absolute Gasteiger partial charge is 0.248 e. The van der Waals surface area contributed by atoms with Crippen molar-refractivity contribution in [2.75, 3.05) is 0 Å². The second kappa shape index (κ2) is 7.98. The Hall–Kier alpha value is -3.29. The molecule has 0 amide bonds. The largest absolute Gasteiger partial charge is 0.507 e. The van der Waals surface area contributed by atoms with Crippen LogP contribution in [0.15, 0.2) is 47.4 Å². The number of pyridine rings is 1. The zero-order chi connectivity index (χ0) is 20.4. The van der Waals surface area contributed by atoms with Gasteiger partial charge in [-0.3, -0.25) is 4.79 Å². The van der Waals surface area contributed by atoms with Crippen LogP contribution in [0.3, 0.4) is 0 Å². The van der Waals surface area contributed by atoms with Crippen LogP contribution in [0.1, 0.15) is 25.7 Å². The second-order valence-corrected chi connectivity index (χ2v) is 7.00. The van der Waals surface area contributed by atoms with Gasteiger partial charge >= 0.3 is 0 Å². The molecule has 6 nitrogen and oxygen atoms in total. The van der Waals surface area contributed by atoms with Crippen molar-refractivity contribution in [1.82, 2.24) is 15.2 Å². The van der Waals surface area contributed by atoms with Gasteiger partial charge in [-0.25, -0.2) is 8.78 Å². The fraction of sp³-hybridized carbons (Fsp3) is 0.286. The van der Waals surface area contributed by atoms with Crippen molar-refractivity contribution in [1.29, 1.82) is 0 Å². The molecule has 1 saturated carbocycles. The molecule has 0 spiro atoms. The number of phenols is 1. The first-order valence-electron chi connectivity index (χ1n) is 9.38. The van der Waals surface area contributed by atoms with E-state index in [4.69, 9.17) is 4.74 Å². The molecule has 2 atom stereocenters. The summed E-state index contributed by atoms with van der Waals surface area (Å²) < 4.78 is 34.1. The molecule has 3 aromatic rings. The number of aromatic amines is 1. The molecule has 29 heavy (non-hydrogen) atoms. The van der Waals surface area contributed by atoms with Gasteiger partial charge in [-0.1, -0.05) is 6.42 Å². The van der Waals surface area contributed by atoms with Crippen LogP contribution in [-0.4, -0.2) is 32.6 Å². The molecule has 1 aliphatic carbocycles. The number of aromatic nitrogens is 3. The number of benzene rings is 1. The van der Waals surface area contributed by atoms with Crippen molar-refractivity contribution in [2.24, 2.45) is 0 Å². The van der Waals surface area contributed by atoms with Gasteiger partial charge in [0, 0.05) is 29.5 Å². The topological polar surface area (TPSA) is 88.1 Å². The molecule has 8 heteroatoms. The van der Waals surface area contributed by atoms with E-state index in [-0.39, 0.29) is 34.0 Å². The van der Waals surface area contributed by atoms with Crippen molar-refractivity contribution in [3.05, 3.63) is 58.8 Å². The van der Waals surface area contributed by atoms with Gasteiger partial charge < -0.3 is 14.8 Å². The van der Waals surface area contributed by atoms with Crippen molar-refractivity contribution < 1.29 is 18.6 Å². The third-order valence-electron chi connectivity index (χ3n) is 4.98. The second-order valence-electron chi connectivity index (χ2n) is 7.00. The standard InChI is InChI=1S/C21H19F2N3O3/c22-15-3-1-2-4-19(15)29-21-6-5-17(25-26-21)14-10-16(23)13(11-18(14)27)12-7-8-24-20(28)9-12/h5-11,15,19,27H,1-4H2,(H,24,28)/t15-,19+/m0/s1.